The van der Waals surface area contributed by atoms with Gasteiger partial charge in [-0.15, -0.1) is 0 Å². The van der Waals surface area contributed by atoms with Crippen LogP contribution in [0.25, 0.3) is 5.69 Å². The summed E-state index contributed by atoms with van der Waals surface area (Å²) < 4.78 is 2.33. The molecule has 2 aromatic heterocycles. The summed E-state index contributed by atoms with van der Waals surface area (Å²) in [7, 11) is 0. The first kappa shape index (κ1) is 26.6. The highest BCUT2D eigenvalue weighted by atomic mass is 32.1. The summed E-state index contributed by atoms with van der Waals surface area (Å²) in [5.74, 6) is -0.0393. The van der Waals surface area contributed by atoms with Crippen molar-refractivity contribution in [3.63, 3.8) is 0 Å². The average molecular weight is 538 g/mol. The fourth-order valence-electron chi connectivity index (χ4n) is 5.50. The molecule has 0 aliphatic carbocycles. The predicted molar refractivity (Wildman–Crippen MR) is 161 cm³/mol. The fraction of sp³-hybridized carbons (Fsp3) is 0.281. The largest absolute Gasteiger partial charge is 0.352 e. The number of benzene rings is 2. The Bertz CT molecular complexity index is 1510. The minimum atomic E-state index is -0.133. The summed E-state index contributed by atoms with van der Waals surface area (Å²) in [6.45, 7) is 11.2. The number of aromatic nitrogens is 2. The molecule has 0 spiro atoms. The van der Waals surface area contributed by atoms with Crippen LogP contribution < -0.4 is 10.6 Å². The van der Waals surface area contributed by atoms with Gasteiger partial charge in [0.15, 0.2) is 5.11 Å². The number of thiocarbonyl (C=S) groups is 1. The molecule has 0 radical (unpaired) electrons. The van der Waals surface area contributed by atoms with Gasteiger partial charge in [-0.1, -0.05) is 35.9 Å². The molecule has 39 heavy (non-hydrogen) atoms. The van der Waals surface area contributed by atoms with Crippen molar-refractivity contribution in [1.29, 1.82) is 0 Å². The molecule has 0 bridgehead atoms. The van der Waals surface area contributed by atoms with E-state index in [1.807, 2.05) is 55.6 Å². The van der Waals surface area contributed by atoms with Crippen molar-refractivity contribution in [2.45, 2.75) is 53.1 Å². The van der Waals surface area contributed by atoms with Crippen LogP contribution in [0.4, 0.5) is 5.69 Å². The van der Waals surface area contributed by atoms with Crippen molar-refractivity contribution in [3.8, 4) is 5.69 Å². The van der Waals surface area contributed by atoms with Crippen molar-refractivity contribution in [3.05, 3.63) is 112 Å². The number of amides is 1. The second-order valence-corrected chi connectivity index (χ2v) is 10.8. The van der Waals surface area contributed by atoms with Gasteiger partial charge in [0.2, 0.25) is 5.91 Å². The van der Waals surface area contributed by atoms with Gasteiger partial charge in [0, 0.05) is 41.9 Å². The number of hydrogen-bond donors (Lipinski definition) is 2. The van der Waals surface area contributed by atoms with Gasteiger partial charge < -0.3 is 20.1 Å². The average Bonchev–Trinajstić information content (AvgIpc) is 3.40. The van der Waals surface area contributed by atoms with Crippen LogP contribution in [-0.4, -0.2) is 32.0 Å². The zero-order chi connectivity index (χ0) is 27.7. The number of carbonyl (C=O) groups is 1. The second kappa shape index (κ2) is 11.0. The molecule has 1 saturated heterocycles. The summed E-state index contributed by atoms with van der Waals surface area (Å²) in [5, 5.41) is 7.17. The minimum absolute atomic E-state index is 0.0393. The number of aryl methyl sites for hydroxylation is 3. The van der Waals surface area contributed by atoms with E-state index in [0.29, 0.717) is 18.1 Å². The molecule has 5 rings (SSSR count). The Morgan fingerprint density at radius 1 is 1.00 bits per heavy atom. The Labute approximate surface area is 236 Å². The third-order valence-electron chi connectivity index (χ3n) is 7.72. The van der Waals surface area contributed by atoms with Crippen LogP contribution in [0.5, 0.6) is 0 Å². The summed E-state index contributed by atoms with van der Waals surface area (Å²) in [4.78, 5) is 19.7. The molecule has 1 aliphatic heterocycles. The maximum absolute atomic E-state index is 12.9. The molecule has 6 nitrogen and oxygen atoms in total. The number of rotatable bonds is 7. The highest BCUT2D eigenvalue weighted by molar-refractivity contribution is 7.80. The third kappa shape index (κ3) is 5.32. The van der Waals surface area contributed by atoms with E-state index in [2.05, 4.69) is 77.0 Å². The number of nitrogens with one attached hydrogen (secondary N) is 2. The Hall–Kier alpha value is -3.97. The van der Waals surface area contributed by atoms with Crippen molar-refractivity contribution < 1.29 is 4.79 Å². The molecule has 1 amide bonds. The summed E-state index contributed by atoms with van der Waals surface area (Å²) in [5.41, 5.74) is 10.1. The van der Waals surface area contributed by atoms with E-state index in [0.717, 1.165) is 28.3 Å². The van der Waals surface area contributed by atoms with Gasteiger partial charge in [0.05, 0.1) is 17.8 Å². The molecular weight excluding hydrogens is 502 g/mol. The van der Waals surface area contributed by atoms with E-state index < -0.39 is 0 Å². The van der Waals surface area contributed by atoms with Gasteiger partial charge in [-0.3, -0.25) is 9.78 Å². The van der Waals surface area contributed by atoms with Gasteiger partial charge in [-0.05, 0) is 99.9 Å². The monoisotopic (exact) mass is 537 g/mol. The summed E-state index contributed by atoms with van der Waals surface area (Å²) >= 11 is 5.85. The lowest BCUT2D eigenvalue weighted by Crippen LogP contribution is -2.32. The lowest BCUT2D eigenvalue weighted by atomic mass is 9.96. The molecule has 0 unspecified atom stereocenters. The van der Waals surface area contributed by atoms with Crippen LogP contribution in [-0.2, 0) is 4.79 Å². The van der Waals surface area contributed by atoms with Crippen LogP contribution >= 0.6 is 12.2 Å². The Morgan fingerprint density at radius 2 is 1.77 bits per heavy atom. The van der Waals surface area contributed by atoms with E-state index in [9.17, 15) is 4.79 Å². The maximum atomic E-state index is 12.9. The van der Waals surface area contributed by atoms with Gasteiger partial charge >= 0.3 is 0 Å². The third-order valence-corrected chi connectivity index (χ3v) is 8.07. The molecule has 200 valence electrons. The van der Waals surface area contributed by atoms with Gasteiger partial charge in [-0.2, -0.15) is 0 Å². The Kier molecular flexibility index (Phi) is 7.53. The molecule has 2 aromatic carbocycles. The van der Waals surface area contributed by atoms with Crippen LogP contribution in [0.2, 0.25) is 0 Å². The molecule has 0 saturated carbocycles. The Balaban J connectivity index is 1.48. The van der Waals surface area contributed by atoms with Crippen LogP contribution in [0.15, 0.2) is 72.9 Å². The lowest BCUT2D eigenvalue weighted by molar-refractivity contribution is -0.116. The van der Waals surface area contributed by atoms with Crippen LogP contribution in [0, 0.1) is 34.6 Å². The molecule has 4 aromatic rings. The molecular formula is C32H35N5OS. The zero-order valence-corrected chi connectivity index (χ0v) is 24.0. The number of hydrogen-bond acceptors (Lipinski definition) is 3. The highest BCUT2D eigenvalue weighted by Crippen LogP contribution is 2.41. The highest BCUT2D eigenvalue weighted by Gasteiger charge is 2.41. The zero-order valence-electron chi connectivity index (χ0n) is 23.2. The van der Waals surface area contributed by atoms with Crippen LogP contribution in [0.3, 0.4) is 0 Å². The quantitative estimate of drug-likeness (QED) is 0.267. The van der Waals surface area contributed by atoms with E-state index in [1.165, 1.54) is 22.4 Å². The molecule has 2 atom stereocenters. The van der Waals surface area contributed by atoms with Crippen molar-refractivity contribution >= 4 is 28.9 Å². The first-order valence-corrected chi connectivity index (χ1v) is 13.8. The molecule has 2 N–H and O–H groups in total. The van der Waals surface area contributed by atoms with Crippen molar-refractivity contribution in [2.75, 3.05) is 11.9 Å². The summed E-state index contributed by atoms with van der Waals surface area (Å²) in [6, 6.07) is 22.2. The van der Waals surface area contributed by atoms with Gasteiger partial charge in [0.25, 0.3) is 0 Å². The molecule has 3 heterocycles. The number of pyridine rings is 1. The normalized spacial score (nSPS) is 16.8. The standard InChI is InChI=1S/C32H35N5OS/c1-20-12-14-25(15-13-20)34-29(38)16-18-36-31(30(35-32(36)39)27-10-6-7-17-33-27)26-19-22(3)37(24(26)5)28-11-8-9-21(2)23(28)4/h6-15,17,19,30-31H,16,18H2,1-5H3,(H,34,38)(H,35,39)/t30-,31+/m1/s1. The SMILES string of the molecule is Cc1ccc(NC(=O)CCN2C(=S)N[C@H](c3ccccn3)[C@@H]2c2cc(C)n(-c3cccc(C)c3C)c2C)cc1. The predicted octanol–water partition coefficient (Wildman–Crippen LogP) is 6.42. The summed E-state index contributed by atoms with van der Waals surface area (Å²) in [6.07, 6.45) is 2.13. The number of carbonyl (C=O) groups excluding carboxylic acids is 1. The van der Waals surface area contributed by atoms with Crippen LogP contribution in [0.1, 0.15) is 57.8 Å². The molecule has 1 aliphatic rings. The smallest absolute Gasteiger partial charge is 0.226 e. The number of anilines is 1. The molecule has 1 fully saturated rings. The maximum Gasteiger partial charge on any atom is 0.226 e. The van der Waals surface area contributed by atoms with Crippen molar-refractivity contribution in [1.82, 2.24) is 19.8 Å². The van der Waals surface area contributed by atoms with Crippen molar-refractivity contribution in [2.24, 2.45) is 0 Å². The van der Waals surface area contributed by atoms with E-state index >= 15 is 0 Å². The van der Waals surface area contributed by atoms with E-state index in [-0.39, 0.29) is 18.0 Å². The topological polar surface area (TPSA) is 62.2 Å². The fourth-order valence-corrected chi connectivity index (χ4v) is 5.83. The number of nitrogens with zero attached hydrogens (tertiary/aromatic N) is 3. The van der Waals surface area contributed by atoms with E-state index in [4.69, 9.17) is 12.2 Å². The lowest BCUT2D eigenvalue weighted by Gasteiger charge is -2.28. The molecule has 7 heteroatoms. The second-order valence-electron chi connectivity index (χ2n) is 10.4. The van der Waals surface area contributed by atoms with Gasteiger partial charge in [-0.25, -0.2) is 0 Å². The van der Waals surface area contributed by atoms with E-state index in [1.54, 1.807) is 0 Å². The first-order valence-electron chi connectivity index (χ1n) is 13.3. The first-order chi connectivity index (χ1) is 18.7. The van der Waals surface area contributed by atoms with Gasteiger partial charge in [0.1, 0.15) is 0 Å². The minimum Gasteiger partial charge on any atom is -0.352 e. The Morgan fingerprint density at radius 3 is 2.49 bits per heavy atom.